The minimum absolute atomic E-state index is 0.0107. The fourth-order valence-corrected chi connectivity index (χ4v) is 6.96. The summed E-state index contributed by atoms with van der Waals surface area (Å²) in [4.78, 5) is 13.1. The fraction of sp³-hybridized carbons (Fsp3) is 0.240. The van der Waals surface area contributed by atoms with Gasteiger partial charge in [0.15, 0.2) is 0 Å². The van der Waals surface area contributed by atoms with Gasteiger partial charge in [0.1, 0.15) is 0 Å². The lowest BCUT2D eigenvalue weighted by atomic mass is 10.1. The van der Waals surface area contributed by atoms with Gasteiger partial charge in [-0.2, -0.15) is 4.31 Å². The Labute approximate surface area is 231 Å². The Morgan fingerprint density at radius 1 is 0.842 bits per heavy atom. The predicted molar refractivity (Wildman–Crippen MR) is 147 cm³/mol. The summed E-state index contributed by atoms with van der Waals surface area (Å²) in [6.07, 6.45) is -0.452. The van der Waals surface area contributed by atoms with Crippen LogP contribution in [0.5, 0.6) is 0 Å². The van der Waals surface area contributed by atoms with E-state index in [1.807, 2.05) is 13.8 Å². The van der Waals surface area contributed by atoms with Crippen LogP contribution in [0.15, 0.2) is 76.5 Å². The van der Waals surface area contributed by atoms with E-state index in [2.05, 4.69) is 10.0 Å². The molecule has 3 aromatic rings. The molecule has 1 saturated heterocycles. The van der Waals surface area contributed by atoms with Gasteiger partial charge in [-0.05, 0) is 80.6 Å². The van der Waals surface area contributed by atoms with Crippen LogP contribution in [0.1, 0.15) is 24.2 Å². The monoisotopic (exact) mass is 597 g/mol. The minimum atomic E-state index is -4.02. The predicted octanol–water partition coefficient (Wildman–Crippen LogP) is 4.84. The van der Waals surface area contributed by atoms with Crippen molar-refractivity contribution in [2.45, 2.75) is 35.8 Å². The molecule has 9 nitrogen and oxygen atoms in total. The first-order valence-electron chi connectivity index (χ1n) is 11.5. The number of sulfonamides is 2. The van der Waals surface area contributed by atoms with Crippen molar-refractivity contribution in [3.8, 4) is 0 Å². The molecule has 1 amide bonds. The molecule has 13 heteroatoms. The summed E-state index contributed by atoms with van der Waals surface area (Å²) in [5.74, 6) is -0.646. The summed E-state index contributed by atoms with van der Waals surface area (Å²) in [5, 5.41) is 3.25. The molecule has 1 fully saturated rings. The van der Waals surface area contributed by atoms with E-state index in [1.165, 1.54) is 71.0 Å². The van der Waals surface area contributed by atoms with E-state index in [0.717, 1.165) is 0 Å². The second-order valence-electron chi connectivity index (χ2n) is 8.81. The molecule has 1 aliphatic rings. The van der Waals surface area contributed by atoms with Crippen LogP contribution in [0.2, 0.25) is 10.0 Å². The number of nitrogens with zero attached hydrogens (tertiary/aromatic N) is 1. The largest absolute Gasteiger partial charge is 0.373 e. The van der Waals surface area contributed by atoms with Gasteiger partial charge in [-0.1, -0.05) is 23.2 Å². The van der Waals surface area contributed by atoms with Crippen molar-refractivity contribution in [3.05, 3.63) is 82.3 Å². The van der Waals surface area contributed by atoms with Crippen molar-refractivity contribution in [3.63, 3.8) is 0 Å². The Balaban J connectivity index is 1.53. The average molecular weight is 599 g/mol. The average Bonchev–Trinajstić information content (AvgIpc) is 2.85. The van der Waals surface area contributed by atoms with Gasteiger partial charge >= 0.3 is 0 Å². The zero-order valence-electron chi connectivity index (χ0n) is 20.4. The highest BCUT2D eigenvalue weighted by Gasteiger charge is 2.32. The maximum Gasteiger partial charge on any atom is 0.261 e. The summed E-state index contributed by atoms with van der Waals surface area (Å²) in [6, 6.07) is 15.4. The Morgan fingerprint density at radius 3 is 2.00 bits per heavy atom. The molecular weight excluding hydrogens is 573 g/mol. The second kappa shape index (κ2) is 11.2. The minimum Gasteiger partial charge on any atom is -0.373 e. The highest BCUT2D eigenvalue weighted by Crippen LogP contribution is 2.27. The van der Waals surface area contributed by atoms with Crippen molar-refractivity contribution >= 4 is 60.5 Å². The molecule has 0 bridgehead atoms. The molecule has 0 radical (unpaired) electrons. The lowest BCUT2D eigenvalue weighted by Crippen LogP contribution is -2.48. The highest BCUT2D eigenvalue weighted by atomic mass is 35.5. The molecule has 4 rings (SSSR count). The van der Waals surface area contributed by atoms with Crippen molar-refractivity contribution in [1.29, 1.82) is 0 Å². The van der Waals surface area contributed by atoms with E-state index in [1.54, 1.807) is 0 Å². The maximum atomic E-state index is 13.1. The van der Waals surface area contributed by atoms with Crippen LogP contribution in [0, 0.1) is 0 Å². The Bertz CT molecular complexity index is 1540. The van der Waals surface area contributed by atoms with Gasteiger partial charge in [-0.25, -0.2) is 16.8 Å². The molecule has 0 unspecified atom stereocenters. The molecule has 0 spiro atoms. The van der Waals surface area contributed by atoms with Crippen LogP contribution in [0.4, 0.5) is 11.4 Å². The Kier molecular flexibility index (Phi) is 8.36. The van der Waals surface area contributed by atoms with Crippen LogP contribution in [-0.4, -0.2) is 52.3 Å². The van der Waals surface area contributed by atoms with E-state index < -0.39 is 26.0 Å². The molecule has 2 N–H and O–H groups in total. The summed E-state index contributed by atoms with van der Waals surface area (Å²) >= 11 is 11.9. The van der Waals surface area contributed by atoms with Gasteiger partial charge in [0, 0.05) is 28.8 Å². The molecule has 3 aromatic carbocycles. The third-order valence-electron chi connectivity index (χ3n) is 5.73. The van der Waals surface area contributed by atoms with E-state index >= 15 is 0 Å². The molecular formula is C25H25Cl2N3O6S2. The number of morpholine rings is 1. The molecule has 2 atom stereocenters. The number of ether oxygens (including phenoxy) is 1. The van der Waals surface area contributed by atoms with Gasteiger partial charge in [-0.15, -0.1) is 0 Å². The zero-order chi connectivity index (χ0) is 27.7. The van der Waals surface area contributed by atoms with Crippen LogP contribution >= 0.6 is 23.2 Å². The van der Waals surface area contributed by atoms with Gasteiger partial charge in [-0.3, -0.25) is 9.52 Å². The highest BCUT2D eigenvalue weighted by molar-refractivity contribution is 7.92. The van der Waals surface area contributed by atoms with E-state index in [-0.39, 0.29) is 51.4 Å². The van der Waals surface area contributed by atoms with Gasteiger partial charge in [0.05, 0.1) is 33.2 Å². The van der Waals surface area contributed by atoms with Crippen molar-refractivity contribution in [2.75, 3.05) is 23.1 Å². The third-order valence-corrected chi connectivity index (χ3v) is 9.44. The second-order valence-corrected chi connectivity index (χ2v) is 13.3. The lowest BCUT2D eigenvalue weighted by molar-refractivity contribution is -0.0440. The number of hydrogen-bond acceptors (Lipinski definition) is 6. The maximum absolute atomic E-state index is 13.1. The molecule has 0 aromatic heterocycles. The first-order chi connectivity index (χ1) is 17.8. The molecule has 202 valence electrons. The van der Waals surface area contributed by atoms with Crippen molar-refractivity contribution < 1.29 is 26.4 Å². The first kappa shape index (κ1) is 28.3. The lowest BCUT2D eigenvalue weighted by Gasteiger charge is -2.34. The van der Waals surface area contributed by atoms with Gasteiger partial charge in [0.25, 0.3) is 15.9 Å². The van der Waals surface area contributed by atoms with E-state index in [0.29, 0.717) is 10.7 Å². The van der Waals surface area contributed by atoms with Crippen LogP contribution < -0.4 is 10.0 Å². The topological polar surface area (TPSA) is 122 Å². The number of rotatable bonds is 7. The standard InChI is InChI=1S/C25H25Cl2N3O6S2/c1-16-14-30(15-17(2)36-16)38(34,35)22-10-6-20(7-11-22)28-25(31)23-13-19(27)5-12-24(23)29-37(32,33)21-8-3-18(26)4-9-21/h3-13,16-17,29H,14-15H2,1-2H3,(H,28,31)/t16-,17+. The number of hydrogen-bond donors (Lipinski definition) is 2. The summed E-state index contributed by atoms with van der Waals surface area (Å²) in [5.41, 5.74) is 0.295. The van der Waals surface area contributed by atoms with Crippen molar-refractivity contribution in [2.24, 2.45) is 0 Å². The number of halogens is 2. The quantitative estimate of drug-likeness (QED) is 0.401. The number of amides is 1. The fourth-order valence-electron chi connectivity index (χ4n) is 4.00. The van der Waals surface area contributed by atoms with E-state index in [9.17, 15) is 21.6 Å². The molecule has 1 aliphatic heterocycles. The van der Waals surface area contributed by atoms with Crippen LogP contribution in [0.25, 0.3) is 0 Å². The molecule has 1 heterocycles. The zero-order valence-corrected chi connectivity index (χ0v) is 23.5. The SMILES string of the molecule is C[C@@H]1CN(S(=O)(=O)c2ccc(NC(=O)c3cc(Cl)ccc3NS(=O)(=O)c3ccc(Cl)cc3)cc2)C[C@H](C)O1. The Morgan fingerprint density at radius 2 is 1.39 bits per heavy atom. The first-order valence-corrected chi connectivity index (χ1v) is 15.2. The van der Waals surface area contributed by atoms with E-state index in [4.69, 9.17) is 27.9 Å². The summed E-state index contributed by atoms with van der Waals surface area (Å²) < 4.78 is 61.3. The number of nitrogens with one attached hydrogen (secondary N) is 2. The number of anilines is 2. The summed E-state index contributed by atoms with van der Waals surface area (Å²) in [7, 11) is -7.77. The molecule has 38 heavy (non-hydrogen) atoms. The van der Waals surface area contributed by atoms with Crippen molar-refractivity contribution in [1.82, 2.24) is 4.31 Å². The van der Waals surface area contributed by atoms with Gasteiger partial charge in [0.2, 0.25) is 10.0 Å². The Hall–Kier alpha value is -2.67. The van der Waals surface area contributed by atoms with Crippen LogP contribution in [-0.2, 0) is 24.8 Å². The molecule has 0 aliphatic carbocycles. The number of carbonyl (C=O) groups excluding carboxylic acids is 1. The number of benzene rings is 3. The number of carbonyl (C=O) groups is 1. The molecule has 0 saturated carbocycles. The smallest absolute Gasteiger partial charge is 0.261 e. The van der Waals surface area contributed by atoms with Gasteiger partial charge < -0.3 is 10.1 Å². The summed E-state index contributed by atoms with van der Waals surface area (Å²) in [6.45, 7) is 4.12. The normalized spacial score (nSPS) is 18.6. The third kappa shape index (κ3) is 6.48. The van der Waals surface area contributed by atoms with Crippen LogP contribution in [0.3, 0.4) is 0 Å².